The summed E-state index contributed by atoms with van der Waals surface area (Å²) in [4.78, 5) is 0. The predicted octanol–water partition coefficient (Wildman–Crippen LogP) is 13.1. The van der Waals surface area contributed by atoms with Gasteiger partial charge in [-0.2, -0.15) is 0 Å². The zero-order chi connectivity index (χ0) is 48.6. The lowest BCUT2D eigenvalue weighted by Gasteiger charge is -2.18. The minimum absolute atomic E-state index is 0.0380. The highest BCUT2D eigenvalue weighted by Crippen LogP contribution is 2.50. The van der Waals surface area contributed by atoms with Crippen LogP contribution in [0, 0.1) is 0 Å². The number of para-hydroxylation sites is 1. The van der Waals surface area contributed by atoms with Crippen molar-refractivity contribution in [3.05, 3.63) is 182 Å². The Morgan fingerprint density at radius 3 is 1.53 bits per heavy atom. The van der Waals surface area contributed by atoms with E-state index >= 15 is 0 Å². The van der Waals surface area contributed by atoms with Crippen LogP contribution in [0.15, 0.2) is 186 Å². The van der Waals surface area contributed by atoms with E-state index in [1.807, 2.05) is 0 Å². The quantitative estimate of drug-likeness (QED) is 0.175. The van der Waals surface area contributed by atoms with Crippen molar-refractivity contribution in [3.8, 4) is 55.8 Å². The summed E-state index contributed by atoms with van der Waals surface area (Å²) in [6.07, 6.45) is 0. The molecule has 1 heterocycles. The molecule has 0 amide bonds. The topological polar surface area (TPSA) is 13.1 Å². The minimum atomic E-state index is -0.897. The fraction of sp³-hybridized carbons (Fsp3) is 0. The molecule has 1 nitrogen and oxygen atoms in total. The van der Waals surface area contributed by atoms with Gasteiger partial charge in [0.2, 0.25) is 0 Å². The summed E-state index contributed by atoms with van der Waals surface area (Å²) in [7, 11) is 0. The van der Waals surface area contributed by atoms with Crippen LogP contribution in [0.2, 0.25) is 0 Å². The van der Waals surface area contributed by atoms with Gasteiger partial charge in [-0.15, -0.1) is 0 Å². The van der Waals surface area contributed by atoms with Gasteiger partial charge >= 0.3 is 0 Å². The Morgan fingerprint density at radius 2 is 0.872 bits per heavy atom. The molecule has 0 radical (unpaired) electrons. The normalized spacial score (nSPS) is 17.4. The van der Waals surface area contributed by atoms with Crippen LogP contribution in [0.25, 0.3) is 88.3 Å². The van der Waals surface area contributed by atoms with Gasteiger partial charge in [-0.3, -0.25) is 0 Å². The molecule has 8 aromatic carbocycles. The Bertz CT molecular complexity index is 3570. The molecule has 1 heteroatoms. The fourth-order valence-electron chi connectivity index (χ4n) is 5.88. The van der Waals surface area contributed by atoms with E-state index in [1.165, 1.54) is 0 Å². The Morgan fingerprint density at radius 1 is 0.362 bits per heavy atom. The predicted molar refractivity (Wildman–Crippen MR) is 198 cm³/mol. The Hall–Kier alpha value is -6.18. The molecule has 1 aromatic heterocycles. The molecule has 0 fully saturated rings. The molecule has 0 aliphatic carbocycles. The van der Waals surface area contributed by atoms with Crippen LogP contribution in [0.1, 0.15) is 27.4 Å². The third-order valence-electron chi connectivity index (χ3n) is 7.86. The highest BCUT2D eigenvalue weighted by Gasteiger charge is 2.25. The maximum atomic E-state index is 9.71. The summed E-state index contributed by atoms with van der Waals surface area (Å²) in [6.45, 7) is 0. The van der Waals surface area contributed by atoms with Gasteiger partial charge in [0.25, 0.3) is 0 Å². The number of hydrogen-bond donors (Lipinski definition) is 0. The van der Waals surface area contributed by atoms with Crippen LogP contribution in [-0.4, -0.2) is 0 Å². The molecule has 0 atom stereocenters. The second-order valence-corrected chi connectivity index (χ2v) is 10.5. The highest BCUT2D eigenvalue weighted by molar-refractivity contribution is 6.25. The van der Waals surface area contributed by atoms with Gasteiger partial charge in [0.15, 0.2) is 0 Å². The monoisotopic (exact) mass is 618 g/mol. The SMILES string of the molecule is [2H]c1c([2H])c([2H])c(-c2c([2H])c([2H])c([2H])c3c(-c4c5c([2H])c([2H])c([2H])c([2H])c5c(-c5ccccc5)c5c([2H])c([2H])c([2H])c([2H])c45)c(-c4c([2H])c([2H])c([2H])c(-c5ccccc5)c4[2H])oc23)c([2H])c1[2H]. The number of fused-ring (bicyclic) bond motifs is 3. The molecule has 0 N–H and O–H groups in total. The van der Waals surface area contributed by atoms with Crippen LogP contribution >= 0.6 is 0 Å². The molecule has 0 saturated heterocycles. The fourth-order valence-corrected chi connectivity index (χ4v) is 5.88. The Labute approximate surface area is 302 Å². The summed E-state index contributed by atoms with van der Waals surface area (Å²) in [5, 5.41) is -1.87. The van der Waals surface area contributed by atoms with Crippen molar-refractivity contribution in [1.29, 1.82) is 0 Å². The Kier molecular flexibility index (Phi) is 3.29. The van der Waals surface area contributed by atoms with Crippen LogP contribution in [0.3, 0.4) is 0 Å². The van der Waals surface area contributed by atoms with Crippen molar-refractivity contribution in [3.63, 3.8) is 0 Å². The van der Waals surface area contributed by atoms with Crippen molar-refractivity contribution in [2.45, 2.75) is 0 Å². The lowest BCUT2D eigenvalue weighted by molar-refractivity contribution is 0.633. The van der Waals surface area contributed by atoms with E-state index in [2.05, 4.69) is 0 Å². The molecule has 0 spiro atoms. The first-order valence-electron chi connectivity index (χ1n) is 24.5. The van der Waals surface area contributed by atoms with Crippen LogP contribution in [0.4, 0.5) is 0 Å². The third kappa shape index (κ3) is 4.56. The molecule has 47 heavy (non-hydrogen) atoms. The number of rotatable bonds is 5. The van der Waals surface area contributed by atoms with Crippen LogP contribution in [0.5, 0.6) is 0 Å². The lowest BCUT2D eigenvalue weighted by Crippen LogP contribution is -1.91. The van der Waals surface area contributed by atoms with Crippen LogP contribution < -0.4 is 0 Å². The van der Waals surface area contributed by atoms with Crippen molar-refractivity contribution in [1.82, 2.24) is 0 Å². The summed E-state index contributed by atoms with van der Waals surface area (Å²) in [6, 6.07) is 0.758. The largest absolute Gasteiger partial charge is 0.455 e. The molecular weight excluding hydrogens is 569 g/mol. The average Bonchev–Trinajstić information content (AvgIpc) is 3.70. The van der Waals surface area contributed by atoms with E-state index in [1.54, 1.807) is 60.7 Å². The van der Waals surface area contributed by atoms with E-state index < -0.39 is 176 Å². The zero-order valence-electron chi connectivity index (χ0n) is 44.2. The summed E-state index contributed by atoms with van der Waals surface area (Å²) < 4.78 is 188. The van der Waals surface area contributed by atoms with Gasteiger partial charge in [-0.1, -0.05) is 175 Å². The smallest absolute Gasteiger partial charge is 0.143 e. The molecule has 0 aliphatic heterocycles. The van der Waals surface area contributed by atoms with E-state index in [-0.39, 0.29) is 33.0 Å². The van der Waals surface area contributed by atoms with Gasteiger partial charge < -0.3 is 4.42 Å². The van der Waals surface area contributed by atoms with E-state index in [4.69, 9.17) is 19.5 Å². The van der Waals surface area contributed by atoms with Gasteiger partial charge in [-0.25, -0.2) is 0 Å². The molecule has 0 unspecified atom stereocenters. The molecule has 0 saturated carbocycles. The molecule has 220 valence electrons. The maximum absolute atomic E-state index is 9.71. The summed E-state index contributed by atoms with van der Waals surface area (Å²) in [5.74, 6) is -0.655. The second-order valence-electron chi connectivity index (χ2n) is 10.5. The number of furan rings is 1. The first-order chi connectivity index (χ1) is 31.7. The van der Waals surface area contributed by atoms with Gasteiger partial charge in [0.05, 0.1) is 27.4 Å². The lowest BCUT2D eigenvalue weighted by atomic mass is 9.84. The van der Waals surface area contributed by atoms with E-state index in [9.17, 15) is 12.3 Å². The van der Waals surface area contributed by atoms with Gasteiger partial charge in [0.1, 0.15) is 11.3 Å². The van der Waals surface area contributed by atoms with Crippen LogP contribution in [-0.2, 0) is 0 Å². The first kappa shape index (κ1) is 13.7. The summed E-state index contributed by atoms with van der Waals surface area (Å²) >= 11 is 0. The number of hydrogen-bond acceptors (Lipinski definition) is 1. The molecule has 9 rings (SSSR count). The second kappa shape index (κ2) is 11.3. The molecule has 9 aromatic rings. The summed E-state index contributed by atoms with van der Waals surface area (Å²) in [5.41, 5.74) is -3.14. The molecular formula is C46H30O. The standard InChI is InChI=1S/C46H30O/c1-4-16-31(17-5-1)34-22-14-23-35(30-34)45-44(41-29-15-28-36(46(41)47-45)32-18-6-2-7-19-32)43-39-26-12-10-24-37(39)42(33-20-8-3-9-21-33)38-25-11-13-27-40(38)43/h1-30H/i2D,6D,7D,10D,11D,12D,13D,14D,15D,18D,19D,22D,23D,24D,25D,26D,27D,28D,29D,30D. The van der Waals surface area contributed by atoms with E-state index in [0.717, 1.165) is 0 Å². The first-order valence-corrected chi connectivity index (χ1v) is 14.5. The van der Waals surface area contributed by atoms with Crippen molar-refractivity contribution in [2.75, 3.05) is 0 Å². The van der Waals surface area contributed by atoms with Gasteiger partial charge in [0, 0.05) is 27.6 Å². The maximum Gasteiger partial charge on any atom is 0.143 e. The van der Waals surface area contributed by atoms with Gasteiger partial charge in [-0.05, 0) is 55.4 Å². The van der Waals surface area contributed by atoms with E-state index in [0.29, 0.717) is 0 Å². The third-order valence-corrected chi connectivity index (χ3v) is 7.86. The van der Waals surface area contributed by atoms with Crippen molar-refractivity contribution < 1.29 is 31.8 Å². The number of benzene rings is 8. The Balaban J connectivity index is 1.68. The van der Waals surface area contributed by atoms with Crippen molar-refractivity contribution >= 4 is 32.5 Å². The minimum Gasteiger partial charge on any atom is -0.455 e. The average molecular weight is 619 g/mol. The highest BCUT2D eigenvalue weighted by atomic mass is 16.3. The van der Waals surface area contributed by atoms with Crippen molar-refractivity contribution in [2.24, 2.45) is 0 Å². The molecule has 0 aliphatic rings. The zero-order valence-corrected chi connectivity index (χ0v) is 24.2. The molecule has 0 bridgehead atoms.